The van der Waals surface area contributed by atoms with Crippen LogP contribution in [-0.4, -0.2) is 39.4 Å². The van der Waals surface area contributed by atoms with E-state index in [0.717, 1.165) is 21.6 Å². The number of tetrazole rings is 1. The van der Waals surface area contributed by atoms with Gasteiger partial charge in [-0.1, -0.05) is 17.7 Å². The first-order valence-corrected chi connectivity index (χ1v) is 8.93. The number of amides is 1. The molecule has 1 N–H and O–H groups in total. The van der Waals surface area contributed by atoms with Crippen LogP contribution in [0.5, 0.6) is 5.75 Å². The number of methoxy groups -OCH3 is 1. The molecule has 0 spiro atoms. The molecule has 0 aliphatic heterocycles. The molecule has 3 aromatic rings. The minimum Gasteiger partial charge on any atom is -0.496 e. The minimum absolute atomic E-state index is 0.171. The van der Waals surface area contributed by atoms with Crippen molar-refractivity contribution >= 4 is 17.2 Å². The molecule has 9 heteroatoms. The Morgan fingerprint density at radius 3 is 2.88 bits per heavy atom. The van der Waals surface area contributed by atoms with E-state index in [1.54, 1.807) is 13.2 Å². The van der Waals surface area contributed by atoms with Gasteiger partial charge in [-0.25, -0.2) is 4.79 Å². The molecule has 0 saturated heterocycles. The predicted octanol–water partition coefficient (Wildman–Crippen LogP) is 1.17. The van der Waals surface area contributed by atoms with Crippen LogP contribution in [-0.2, 0) is 17.8 Å². The van der Waals surface area contributed by atoms with Gasteiger partial charge in [-0.3, -0.25) is 4.79 Å². The van der Waals surface area contributed by atoms with Gasteiger partial charge >= 0.3 is 5.69 Å². The molecule has 2 aromatic heterocycles. The maximum atomic E-state index is 12.2. The lowest BCUT2D eigenvalue weighted by Crippen LogP contribution is -2.34. The van der Waals surface area contributed by atoms with E-state index in [4.69, 9.17) is 4.74 Å². The standard InChI is InChI=1S/C17H19N5O3S/c1-12-5-6-14(25-2)13(10-12)7-8-18-15(23)11-21-17(24)22(20-19-21)16-4-3-9-26-16/h3-6,9-10H,7-8,11H2,1-2H3,(H,18,23). The monoisotopic (exact) mass is 373 g/mol. The van der Waals surface area contributed by atoms with Gasteiger partial charge in [0.2, 0.25) is 5.91 Å². The molecule has 0 radical (unpaired) electrons. The second-order valence-corrected chi connectivity index (χ2v) is 6.62. The Kier molecular flexibility index (Phi) is 5.47. The summed E-state index contributed by atoms with van der Waals surface area (Å²) in [5.74, 6) is 0.497. The van der Waals surface area contributed by atoms with Gasteiger partial charge in [0.1, 0.15) is 17.3 Å². The molecule has 1 aromatic carbocycles. The number of carbonyl (C=O) groups excluding carboxylic acids is 1. The molecular formula is C17H19N5O3S. The Bertz CT molecular complexity index is 946. The zero-order valence-electron chi connectivity index (χ0n) is 14.5. The fourth-order valence-electron chi connectivity index (χ4n) is 2.53. The molecule has 0 unspecified atom stereocenters. The van der Waals surface area contributed by atoms with E-state index in [-0.39, 0.29) is 12.5 Å². The van der Waals surface area contributed by atoms with Crippen molar-refractivity contribution in [2.45, 2.75) is 19.9 Å². The largest absolute Gasteiger partial charge is 0.496 e. The third-order valence-corrected chi connectivity index (χ3v) is 4.64. The van der Waals surface area contributed by atoms with Gasteiger partial charge in [-0.2, -0.15) is 9.36 Å². The minimum atomic E-state index is -0.442. The van der Waals surface area contributed by atoms with E-state index < -0.39 is 5.69 Å². The molecule has 0 atom stereocenters. The number of nitrogens with one attached hydrogen (secondary N) is 1. The highest BCUT2D eigenvalue weighted by molar-refractivity contribution is 7.12. The number of carbonyl (C=O) groups is 1. The number of nitrogens with zero attached hydrogens (tertiary/aromatic N) is 4. The van der Waals surface area contributed by atoms with Gasteiger partial charge in [0.05, 0.1) is 7.11 Å². The van der Waals surface area contributed by atoms with Gasteiger partial charge in [-0.15, -0.1) is 11.3 Å². The summed E-state index contributed by atoms with van der Waals surface area (Å²) < 4.78 is 7.55. The summed E-state index contributed by atoms with van der Waals surface area (Å²) in [6.07, 6.45) is 0.632. The third kappa shape index (κ3) is 3.99. The van der Waals surface area contributed by atoms with Gasteiger partial charge in [0.25, 0.3) is 0 Å². The molecule has 0 fully saturated rings. The average molecular weight is 373 g/mol. The van der Waals surface area contributed by atoms with Crippen molar-refractivity contribution in [2.24, 2.45) is 0 Å². The van der Waals surface area contributed by atoms with Crippen molar-refractivity contribution in [1.29, 1.82) is 0 Å². The second kappa shape index (κ2) is 7.96. The summed E-state index contributed by atoms with van der Waals surface area (Å²) >= 11 is 1.37. The number of ether oxygens (including phenoxy) is 1. The van der Waals surface area contributed by atoms with Crippen molar-refractivity contribution < 1.29 is 9.53 Å². The summed E-state index contributed by atoms with van der Waals surface area (Å²) in [4.78, 5) is 24.3. The first-order chi connectivity index (χ1) is 12.6. The smallest absolute Gasteiger partial charge is 0.369 e. The fraction of sp³-hybridized carbons (Fsp3) is 0.294. The number of hydrogen-bond donors (Lipinski definition) is 1. The first kappa shape index (κ1) is 17.9. The van der Waals surface area contributed by atoms with Crippen molar-refractivity contribution in [3.8, 4) is 10.8 Å². The van der Waals surface area contributed by atoms with E-state index in [1.807, 2.05) is 36.6 Å². The molecule has 8 nitrogen and oxygen atoms in total. The maximum Gasteiger partial charge on any atom is 0.369 e. The normalized spacial score (nSPS) is 10.7. The van der Waals surface area contributed by atoms with E-state index >= 15 is 0 Å². The van der Waals surface area contributed by atoms with Crippen molar-refractivity contribution in [3.63, 3.8) is 0 Å². The molecule has 2 heterocycles. The fourth-order valence-corrected chi connectivity index (χ4v) is 3.20. The lowest BCUT2D eigenvalue weighted by molar-refractivity contribution is -0.121. The third-order valence-electron chi connectivity index (χ3n) is 3.80. The van der Waals surface area contributed by atoms with Crippen LogP contribution in [0.15, 0.2) is 40.5 Å². The van der Waals surface area contributed by atoms with Crippen molar-refractivity contribution in [2.75, 3.05) is 13.7 Å². The Labute approximate surface area is 154 Å². The van der Waals surface area contributed by atoms with Crippen LogP contribution >= 0.6 is 11.3 Å². The zero-order chi connectivity index (χ0) is 18.5. The molecule has 0 aliphatic rings. The molecule has 0 saturated carbocycles. The Morgan fingerprint density at radius 2 is 2.15 bits per heavy atom. The van der Waals surface area contributed by atoms with E-state index in [9.17, 15) is 9.59 Å². The molecular weight excluding hydrogens is 354 g/mol. The van der Waals surface area contributed by atoms with Gasteiger partial charge in [-0.05, 0) is 52.9 Å². The Balaban J connectivity index is 1.57. The summed E-state index contributed by atoms with van der Waals surface area (Å²) in [5, 5.41) is 12.9. The summed E-state index contributed by atoms with van der Waals surface area (Å²) in [5.41, 5.74) is 1.71. The Hall–Kier alpha value is -2.94. The highest BCUT2D eigenvalue weighted by Crippen LogP contribution is 2.19. The van der Waals surface area contributed by atoms with Crippen LogP contribution in [0, 0.1) is 6.92 Å². The number of rotatable bonds is 7. The number of aromatic nitrogens is 4. The van der Waals surface area contributed by atoms with Crippen molar-refractivity contribution in [1.82, 2.24) is 25.1 Å². The highest BCUT2D eigenvalue weighted by atomic mass is 32.1. The van der Waals surface area contributed by atoms with Gasteiger partial charge in [0.15, 0.2) is 0 Å². The average Bonchev–Trinajstić information content (AvgIpc) is 3.26. The van der Waals surface area contributed by atoms with Crippen LogP contribution in [0.4, 0.5) is 0 Å². The van der Waals surface area contributed by atoms with Gasteiger partial charge in [0, 0.05) is 6.54 Å². The zero-order valence-corrected chi connectivity index (χ0v) is 15.3. The molecule has 136 valence electrons. The second-order valence-electron chi connectivity index (χ2n) is 5.70. The number of thiophene rings is 1. The van der Waals surface area contributed by atoms with Crippen LogP contribution in [0.25, 0.3) is 5.00 Å². The topological polar surface area (TPSA) is 91.0 Å². The molecule has 3 rings (SSSR count). The van der Waals surface area contributed by atoms with E-state index in [0.29, 0.717) is 18.0 Å². The van der Waals surface area contributed by atoms with Gasteiger partial charge < -0.3 is 10.1 Å². The first-order valence-electron chi connectivity index (χ1n) is 8.05. The van der Waals surface area contributed by atoms with Crippen LogP contribution < -0.4 is 15.7 Å². The highest BCUT2D eigenvalue weighted by Gasteiger charge is 2.12. The lowest BCUT2D eigenvalue weighted by Gasteiger charge is -2.10. The SMILES string of the molecule is COc1ccc(C)cc1CCNC(=O)Cn1nnn(-c2cccs2)c1=O. The number of benzene rings is 1. The molecule has 26 heavy (non-hydrogen) atoms. The van der Waals surface area contributed by atoms with Crippen LogP contribution in [0.1, 0.15) is 11.1 Å². The maximum absolute atomic E-state index is 12.2. The van der Waals surface area contributed by atoms with E-state index in [1.165, 1.54) is 16.0 Å². The van der Waals surface area contributed by atoms with Crippen LogP contribution in [0.3, 0.4) is 0 Å². The quantitative estimate of drug-likeness (QED) is 0.671. The predicted molar refractivity (Wildman–Crippen MR) is 97.9 cm³/mol. The molecule has 0 aliphatic carbocycles. The van der Waals surface area contributed by atoms with Crippen molar-refractivity contribution in [3.05, 3.63) is 57.3 Å². The van der Waals surface area contributed by atoms with E-state index in [2.05, 4.69) is 15.7 Å². The number of hydrogen-bond acceptors (Lipinski definition) is 6. The van der Waals surface area contributed by atoms with Crippen LogP contribution in [0.2, 0.25) is 0 Å². The molecule has 1 amide bonds. The molecule has 0 bridgehead atoms. The Morgan fingerprint density at radius 1 is 1.31 bits per heavy atom. The number of aryl methyl sites for hydroxylation is 1. The summed E-state index contributed by atoms with van der Waals surface area (Å²) in [7, 11) is 1.62. The summed E-state index contributed by atoms with van der Waals surface area (Å²) in [6, 6.07) is 9.50. The summed E-state index contributed by atoms with van der Waals surface area (Å²) in [6.45, 7) is 2.27. The lowest BCUT2D eigenvalue weighted by atomic mass is 10.1.